The summed E-state index contributed by atoms with van der Waals surface area (Å²) >= 11 is 12.3. The van der Waals surface area contributed by atoms with Crippen molar-refractivity contribution in [3.05, 3.63) is 0 Å². The summed E-state index contributed by atoms with van der Waals surface area (Å²) < 4.78 is 5.68. The largest absolute Gasteiger partial charge is 0.448 e. The predicted molar refractivity (Wildman–Crippen MR) is 96.3 cm³/mol. The molecular formula is C10H14N4O4S4. The van der Waals surface area contributed by atoms with Crippen molar-refractivity contribution in [1.29, 1.82) is 0 Å². The lowest BCUT2D eigenvalue weighted by atomic mass is 10.1. The number of ether oxygens (including phenoxy) is 1. The fourth-order valence-electron chi connectivity index (χ4n) is 1.34. The third-order valence-corrected chi connectivity index (χ3v) is 4.48. The zero-order valence-corrected chi connectivity index (χ0v) is 14.9. The number of carbonyl (C=O) groups excluding carboxylic acids is 1. The van der Waals surface area contributed by atoms with Crippen LogP contribution in [0.15, 0.2) is 10.2 Å². The van der Waals surface area contributed by atoms with E-state index in [1.807, 2.05) is 0 Å². The molecule has 22 heavy (non-hydrogen) atoms. The van der Waals surface area contributed by atoms with Gasteiger partial charge in [-0.15, -0.1) is 0 Å². The highest BCUT2D eigenvalue weighted by atomic mass is 32.2. The summed E-state index contributed by atoms with van der Waals surface area (Å²) in [6.07, 6.45) is 1.03. The van der Waals surface area contributed by atoms with Crippen LogP contribution in [0.3, 0.4) is 0 Å². The molecule has 0 aromatic carbocycles. The number of cyclic esters (lactones) is 1. The van der Waals surface area contributed by atoms with Gasteiger partial charge in [-0.25, -0.2) is 4.79 Å². The third kappa shape index (κ3) is 5.14. The van der Waals surface area contributed by atoms with E-state index in [4.69, 9.17) is 34.3 Å². The third-order valence-electron chi connectivity index (χ3n) is 2.37. The molecule has 8 nitrogen and oxygen atoms in total. The summed E-state index contributed by atoms with van der Waals surface area (Å²) in [6.45, 7) is -0.603. The van der Waals surface area contributed by atoms with Crippen LogP contribution in [0.1, 0.15) is 0 Å². The Morgan fingerprint density at radius 1 is 1.32 bits per heavy atom. The molecule has 0 unspecified atom stereocenters. The van der Waals surface area contributed by atoms with Crippen LogP contribution in [0.25, 0.3) is 0 Å². The monoisotopic (exact) mass is 382 g/mol. The molecule has 0 saturated carbocycles. The Morgan fingerprint density at radius 3 is 2.36 bits per heavy atom. The first-order chi connectivity index (χ1) is 10.4. The van der Waals surface area contributed by atoms with Crippen LogP contribution in [0.2, 0.25) is 0 Å². The van der Waals surface area contributed by atoms with E-state index in [0.717, 1.165) is 0 Å². The lowest BCUT2D eigenvalue weighted by Crippen LogP contribution is -2.37. The summed E-state index contributed by atoms with van der Waals surface area (Å²) in [4.78, 5) is 11.8. The van der Waals surface area contributed by atoms with E-state index in [1.165, 1.54) is 23.5 Å². The maximum absolute atomic E-state index is 11.8. The number of nitrogens with zero attached hydrogens (tertiary/aromatic N) is 2. The van der Waals surface area contributed by atoms with Gasteiger partial charge in [0.05, 0.1) is 6.61 Å². The Bertz CT molecular complexity index is 525. The van der Waals surface area contributed by atoms with E-state index >= 15 is 0 Å². The van der Waals surface area contributed by atoms with Crippen molar-refractivity contribution in [2.75, 3.05) is 19.1 Å². The summed E-state index contributed by atoms with van der Waals surface area (Å²) in [5, 5.41) is 26.6. The van der Waals surface area contributed by atoms with E-state index in [0.29, 0.717) is 8.64 Å². The maximum Gasteiger partial charge on any atom is 0.361 e. The van der Waals surface area contributed by atoms with Gasteiger partial charge in [0.15, 0.2) is 20.5 Å². The molecule has 122 valence electrons. The molecular weight excluding hydrogens is 368 g/mol. The average molecular weight is 383 g/mol. The van der Waals surface area contributed by atoms with Crippen LogP contribution in [-0.2, 0) is 9.53 Å². The quantitative estimate of drug-likeness (QED) is 0.287. The van der Waals surface area contributed by atoms with E-state index in [-0.39, 0.29) is 11.4 Å². The van der Waals surface area contributed by atoms with Gasteiger partial charge in [-0.3, -0.25) is 10.9 Å². The molecule has 0 aliphatic carbocycles. The fourth-order valence-corrected chi connectivity index (χ4v) is 1.71. The number of carbonyl (C=O) groups is 1. The van der Waals surface area contributed by atoms with E-state index < -0.39 is 24.8 Å². The molecule has 1 saturated heterocycles. The molecule has 0 amide bonds. The Labute approximate surface area is 146 Å². The standard InChI is InChI=1S/C10H14N4O4S4/c1-21-9(19)13-11-5-6(12-14-10(20)22-2)8(17)18-7(5)4(16)3-15/h4,7,15-16H,3H2,1-2H3,(H,13,19)(H,14,20)/b11-5+,12-6-/t4-,7+/m0/s1. The summed E-state index contributed by atoms with van der Waals surface area (Å²) in [7, 11) is 0. The second-order valence-electron chi connectivity index (χ2n) is 3.74. The summed E-state index contributed by atoms with van der Waals surface area (Å²) in [5.41, 5.74) is 4.93. The van der Waals surface area contributed by atoms with Crippen LogP contribution in [0.4, 0.5) is 0 Å². The molecule has 1 rings (SSSR count). The van der Waals surface area contributed by atoms with Crippen molar-refractivity contribution in [3.63, 3.8) is 0 Å². The Hall–Kier alpha value is -0.790. The molecule has 1 heterocycles. The molecule has 1 aliphatic rings. The number of hydrogen-bond donors (Lipinski definition) is 4. The zero-order valence-electron chi connectivity index (χ0n) is 11.6. The molecule has 0 radical (unpaired) electrons. The van der Waals surface area contributed by atoms with Crippen LogP contribution >= 0.6 is 48.0 Å². The number of nitrogens with one attached hydrogen (secondary N) is 2. The molecule has 1 fully saturated rings. The zero-order chi connectivity index (χ0) is 16.7. The number of thioether (sulfide) groups is 2. The van der Waals surface area contributed by atoms with Crippen molar-refractivity contribution in [2.45, 2.75) is 12.2 Å². The van der Waals surface area contributed by atoms with Crippen molar-refractivity contribution in [2.24, 2.45) is 10.2 Å². The van der Waals surface area contributed by atoms with Crippen LogP contribution in [-0.4, -0.2) is 67.6 Å². The lowest BCUT2D eigenvalue weighted by molar-refractivity contribution is -0.140. The minimum absolute atomic E-state index is 0.0272. The molecule has 0 spiro atoms. The van der Waals surface area contributed by atoms with Crippen molar-refractivity contribution >= 4 is 74.0 Å². The normalized spacial score (nSPS) is 22.5. The molecule has 0 aromatic heterocycles. The molecule has 1 aliphatic heterocycles. The minimum atomic E-state index is -1.33. The molecule has 0 bridgehead atoms. The van der Waals surface area contributed by atoms with E-state index in [9.17, 15) is 9.90 Å². The topological polar surface area (TPSA) is 116 Å². The van der Waals surface area contributed by atoms with Crippen molar-refractivity contribution in [1.82, 2.24) is 10.9 Å². The molecule has 4 N–H and O–H groups in total. The van der Waals surface area contributed by atoms with Crippen LogP contribution in [0, 0.1) is 0 Å². The van der Waals surface area contributed by atoms with Gasteiger partial charge < -0.3 is 14.9 Å². The van der Waals surface area contributed by atoms with Gasteiger partial charge in [-0.1, -0.05) is 48.0 Å². The predicted octanol–water partition coefficient (Wildman–Crippen LogP) is -0.548. The highest BCUT2D eigenvalue weighted by Gasteiger charge is 2.42. The van der Waals surface area contributed by atoms with E-state index in [1.54, 1.807) is 12.5 Å². The Balaban J connectivity index is 3.07. The first-order valence-corrected chi connectivity index (χ1v) is 9.04. The second kappa shape index (κ2) is 9.37. The molecule has 2 atom stereocenters. The van der Waals surface area contributed by atoms with Gasteiger partial charge in [0.1, 0.15) is 11.8 Å². The number of hydrazone groups is 2. The maximum atomic E-state index is 11.8. The number of aliphatic hydroxyl groups excluding tert-OH is 2. The van der Waals surface area contributed by atoms with Gasteiger partial charge in [-0.2, -0.15) is 10.2 Å². The number of thiocarbonyl (C=S) groups is 2. The first-order valence-electron chi connectivity index (χ1n) is 5.78. The van der Waals surface area contributed by atoms with Gasteiger partial charge in [0.2, 0.25) is 0 Å². The first kappa shape index (κ1) is 19.3. The second-order valence-corrected chi connectivity index (χ2v) is 6.71. The van der Waals surface area contributed by atoms with Crippen molar-refractivity contribution < 1.29 is 19.7 Å². The highest BCUT2D eigenvalue weighted by molar-refractivity contribution is 8.22. The van der Waals surface area contributed by atoms with Gasteiger partial charge >= 0.3 is 5.97 Å². The number of rotatable bonds is 4. The minimum Gasteiger partial charge on any atom is -0.448 e. The number of esters is 1. The van der Waals surface area contributed by atoms with E-state index in [2.05, 4.69) is 21.1 Å². The molecule has 0 aromatic rings. The molecule has 12 heteroatoms. The Morgan fingerprint density at radius 2 is 1.86 bits per heavy atom. The number of aliphatic hydroxyl groups is 2. The number of hydrogen-bond acceptors (Lipinski definition) is 10. The van der Waals surface area contributed by atoms with Gasteiger partial charge in [0, 0.05) is 0 Å². The SMILES string of the molecule is CSC(=S)N/N=C1\C(=O)O[C@H]([C@@H](O)CO)\C1=N\NC(=S)SC. The summed E-state index contributed by atoms with van der Waals surface area (Å²) in [6, 6.07) is 0. The lowest BCUT2D eigenvalue weighted by Gasteiger charge is -2.14. The van der Waals surface area contributed by atoms with Crippen LogP contribution in [0.5, 0.6) is 0 Å². The fraction of sp³-hybridized carbons (Fsp3) is 0.500. The average Bonchev–Trinajstić information content (AvgIpc) is 2.85. The van der Waals surface area contributed by atoms with Crippen LogP contribution < -0.4 is 10.9 Å². The Kier molecular flexibility index (Phi) is 8.20. The highest BCUT2D eigenvalue weighted by Crippen LogP contribution is 2.14. The van der Waals surface area contributed by atoms with Gasteiger partial charge in [-0.05, 0) is 12.5 Å². The van der Waals surface area contributed by atoms with Crippen molar-refractivity contribution in [3.8, 4) is 0 Å². The summed E-state index contributed by atoms with van der Waals surface area (Å²) in [5.74, 6) is -0.787. The smallest absolute Gasteiger partial charge is 0.361 e. The van der Waals surface area contributed by atoms with Gasteiger partial charge in [0.25, 0.3) is 0 Å².